The summed E-state index contributed by atoms with van der Waals surface area (Å²) < 4.78 is 33.2. The average molecular weight is 443 g/mol. The van der Waals surface area contributed by atoms with Gasteiger partial charge < -0.3 is 9.66 Å². The van der Waals surface area contributed by atoms with Crippen LogP contribution in [-0.2, 0) is 10.1 Å². The molecule has 0 heterocycles. The van der Waals surface area contributed by atoms with Gasteiger partial charge in [-0.2, -0.15) is 0 Å². The van der Waals surface area contributed by atoms with Crippen LogP contribution in [0, 0.1) is 0 Å². The Hall–Kier alpha value is 0.870. The number of hydrogen-bond donors (Lipinski definition) is 1. The number of aliphatic hydroxyl groups is 1. The van der Waals surface area contributed by atoms with Gasteiger partial charge in [0.2, 0.25) is 0 Å². The Labute approximate surface area is 204 Å². The fraction of sp³-hybridized carbons (Fsp3) is 1.00. The molecular formula is C23H47NaO4S. The van der Waals surface area contributed by atoms with Gasteiger partial charge in [-0.25, -0.2) is 8.42 Å². The van der Waals surface area contributed by atoms with Crippen molar-refractivity contribution in [1.82, 2.24) is 0 Å². The molecule has 0 amide bonds. The van der Waals surface area contributed by atoms with E-state index in [0.717, 1.165) is 12.8 Å². The van der Waals surface area contributed by atoms with Crippen molar-refractivity contribution in [2.24, 2.45) is 0 Å². The molecular weight excluding hydrogens is 395 g/mol. The van der Waals surface area contributed by atoms with Gasteiger partial charge in [0.15, 0.2) is 0 Å². The smallest absolute Gasteiger partial charge is 0.748 e. The standard InChI is InChI=1S/C23H48O4S.Na/c1-3-4-5-6-7-8-9-10-11-12-13-14-15-16-17-18-19-20-21-23(22(2)24)28(25,26)27;/h22-24H,3-21H2,1-2H3,(H,25,26,27);/q;+1/p-1. The molecule has 29 heavy (non-hydrogen) atoms. The van der Waals surface area contributed by atoms with Crippen molar-refractivity contribution < 1.29 is 47.6 Å². The van der Waals surface area contributed by atoms with Crippen LogP contribution in [0.2, 0.25) is 0 Å². The molecule has 0 aromatic carbocycles. The van der Waals surface area contributed by atoms with Gasteiger partial charge in [-0.05, 0) is 13.3 Å². The number of unbranched alkanes of at least 4 members (excludes halogenated alkanes) is 17. The summed E-state index contributed by atoms with van der Waals surface area (Å²) in [5, 5.41) is 8.27. The minimum atomic E-state index is -4.39. The van der Waals surface area contributed by atoms with Gasteiger partial charge in [-0.15, -0.1) is 0 Å². The summed E-state index contributed by atoms with van der Waals surface area (Å²) in [6.45, 7) is 3.65. The van der Waals surface area contributed by atoms with E-state index in [4.69, 9.17) is 0 Å². The third kappa shape index (κ3) is 21.9. The molecule has 0 aromatic heterocycles. The summed E-state index contributed by atoms with van der Waals surface area (Å²) in [5.74, 6) is 0. The molecule has 2 atom stereocenters. The minimum absolute atomic E-state index is 0. The first-order valence-electron chi connectivity index (χ1n) is 12.0. The largest absolute Gasteiger partial charge is 1.00 e. The average Bonchev–Trinajstić information content (AvgIpc) is 2.62. The van der Waals surface area contributed by atoms with Crippen LogP contribution >= 0.6 is 0 Å². The summed E-state index contributed by atoms with van der Waals surface area (Å²) in [4.78, 5) is 0. The summed E-state index contributed by atoms with van der Waals surface area (Å²) in [7, 11) is -4.39. The Bertz CT molecular complexity index is 427. The van der Waals surface area contributed by atoms with Crippen molar-refractivity contribution in [2.75, 3.05) is 0 Å². The summed E-state index contributed by atoms with van der Waals surface area (Å²) in [6.07, 6.45) is 22.3. The van der Waals surface area contributed by atoms with Crippen LogP contribution in [0.25, 0.3) is 0 Å². The van der Waals surface area contributed by atoms with Crippen molar-refractivity contribution in [3.8, 4) is 0 Å². The summed E-state index contributed by atoms with van der Waals surface area (Å²) >= 11 is 0. The quantitative estimate of drug-likeness (QED) is 0.167. The molecule has 0 aromatic rings. The molecule has 170 valence electrons. The molecule has 1 N–H and O–H groups in total. The molecule has 0 saturated carbocycles. The molecule has 0 fully saturated rings. The number of hydrogen-bond acceptors (Lipinski definition) is 4. The van der Waals surface area contributed by atoms with E-state index in [-0.39, 0.29) is 36.0 Å². The predicted octanol–water partition coefficient (Wildman–Crippen LogP) is 3.72. The van der Waals surface area contributed by atoms with Crippen LogP contribution in [0.5, 0.6) is 0 Å². The van der Waals surface area contributed by atoms with Crippen LogP contribution < -0.4 is 29.6 Å². The molecule has 0 aliphatic heterocycles. The molecule has 0 bridgehead atoms. The Morgan fingerprint density at radius 3 is 1.17 bits per heavy atom. The second-order valence-corrected chi connectivity index (χ2v) is 10.2. The Morgan fingerprint density at radius 2 is 0.931 bits per heavy atom. The molecule has 0 radical (unpaired) electrons. The van der Waals surface area contributed by atoms with Crippen molar-refractivity contribution in [3.05, 3.63) is 0 Å². The summed E-state index contributed by atoms with van der Waals surface area (Å²) in [6, 6.07) is 0. The van der Waals surface area contributed by atoms with Gasteiger partial charge in [0.1, 0.15) is 10.1 Å². The number of rotatable bonds is 21. The van der Waals surface area contributed by atoms with Crippen LogP contribution in [0.15, 0.2) is 0 Å². The van der Waals surface area contributed by atoms with E-state index in [1.165, 1.54) is 103 Å². The van der Waals surface area contributed by atoms with Gasteiger partial charge >= 0.3 is 29.6 Å². The van der Waals surface area contributed by atoms with Gasteiger partial charge in [0.25, 0.3) is 0 Å². The van der Waals surface area contributed by atoms with Crippen LogP contribution in [0.3, 0.4) is 0 Å². The Kier molecular flexibility index (Phi) is 24.4. The maximum atomic E-state index is 11.1. The minimum Gasteiger partial charge on any atom is -0.748 e. The zero-order chi connectivity index (χ0) is 21.1. The molecule has 0 rings (SSSR count). The van der Waals surface area contributed by atoms with E-state index in [2.05, 4.69) is 6.92 Å². The fourth-order valence-corrected chi connectivity index (χ4v) is 4.81. The van der Waals surface area contributed by atoms with E-state index in [0.29, 0.717) is 6.42 Å². The van der Waals surface area contributed by atoms with E-state index >= 15 is 0 Å². The van der Waals surface area contributed by atoms with E-state index < -0.39 is 21.5 Å². The van der Waals surface area contributed by atoms with Gasteiger partial charge in [0.05, 0.1) is 11.4 Å². The Balaban J connectivity index is 0. The number of aliphatic hydroxyl groups excluding tert-OH is 1. The Morgan fingerprint density at radius 1 is 0.655 bits per heavy atom. The van der Waals surface area contributed by atoms with Gasteiger partial charge in [-0.1, -0.05) is 122 Å². The second kappa shape index (κ2) is 22.1. The molecule has 6 heteroatoms. The summed E-state index contributed by atoms with van der Waals surface area (Å²) in [5.41, 5.74) is 0. The molecule has 0 saturated heterocycles. The third-order valence-corrected chi connectivity index (χ3v) is 7.12. The molecule has 2 unspecified atom stereocenters. The molecule has 0 aliphatic rings. The monoisotopic (exact) mass is 442 g/mol. The van der Waals surface area contributed by atoms with Crippen molar-refractivity contribution in [1.29, 1.82) is 0 Å². The van der Waals surface area contributed by atoms with Crippen LogP contribution in [0.1, 0.15) is 136 Å². The van der Waals surface area contributed by atoms with Crippen molar-refractivity contribution >= 4 is 10.1 Å². The predicted molar refractivity (Wildman–Crippen MR) is 119 cm³/mol. The SMILES string of the molecule is CCCCCCCCCCCCCCCCCCCCC(C(C)O)S(=O)(=O)[O-].[Na+]. The van der Waals surface area contributed by atoms with Gasteiger partial charge in [0, 0.05) is 0 Å². The van der Waals surface area contributed by atoms with Crippen molar-refractivity contribution in [2.45, 2.75) is 147 Å². The van der Waals surface area contributed by atoms with E-state index in [1.54, 1.807) is 0 Å². The molecule has 0 spiro atoms. The maximum absolute atomic E-state index is 11.1. The third-order valence-electron chi connectivity index (χ3n) is 5.75. The fourth-order valence-electron chi connectivity index (χ4n) is 3.87. The molecule has 4 nitrogen and oxygen atoms in total. The first-order chi connectivity index (χ1) is 13.4. The second-order valence-electron chi connectivity index (χ2n) is 8.57. The van der Waals surface area contributed by atoms with E-state index in [1.807, 2.05) is 0 Å². The first-order valence-corrected chi connectivity index (χ1v) is 13.5. The first kappa shape index (κ1) is 32.1. The van der Waals surface area contributed by atoms with Crippen LogP contribution in [0.4, 0.5) is 0 Å². The topological polar surface area (TPSA) is 77.4 Å². The van der Waals surface area contributed by atoms with E-state index in [9.17, 15) is 18.1 Å². The normalized spacial score (nSPS) is 13.8. The maximum Gasteiger partial charge on any atom is 1.00 e. The van der Waals surface area contributed by atoms with Crippen molar-refractivity contribution in [3.63, 3.8) is 0 Å². The zero-order valence-corrected chi connectivity index (χ0v) is 22.5. The van der Waals surface area contributed by atoms with Crippen LogP contribution in [-0.4, -0.2) is 29.4 Å². The molecule has 0 aliphatic carbocycles. The van der Waals surface area contributed by atoms with Gasteiger partial charge in [-0.3, -0.25) is 0 Å². The zero-order valence-electron chi connectivity index (χ0n) is 19.7.